The molecule has 0 aliphatic heterocycles. The molecule has 1 rings (SSSR count). The molecule has 0 saturated heterocycles. The van der Waals surface area contributed by atoms with E-state index in [9.17, 15) is 0 Å². The fraction of sp³-hybridized carbons (Fsp3) is 0.556. The molecule has 1 N–H and O–H groups in total. The summed E-state index contributed by atoms with van der Waals surface area (Å²) in [6.07, 6.45) is 3.56. The molecule has 0 radical (unpaired) electrons. The second-order valence-corrected chi connectivity index (χ2v) is 6.54. The first-order valence-corrected chi connectivity index (χ1v) is 7.47. The Bertz CT molecular complexity index is 424. The maximum atomic E-state index is 5.66. The highest BCUT2D eigenvalue weighted by Gasteiger charge is 2.06. The third kappa shape index (κ3) is 6.76. The molecular formula is C18H29NO. The zero-order chi connectivity index (χ0) is 15.2. The normalized spacial score (nSPS) is 12.8. The standard InChI is InChI=1S/C18H29NO/c1-14(2)20-17-11-9-16(10-12-17)15(3)8-7-13-19-18(4,5)6/h8-12,14,19H,7,13H2,1-6H3. The fourth-order valence-electron chi connectivity index (χ4n) is 1.92. The summed E-state index contributed by atoms with van der Waals surface area (Å²) in [6, 6.07) is 8.33. The number of ether oxygens (including phenoxy) is 1. The summed E-state index contributed by atoms with van der Waals surface area (Å²) in [5.41, 5.74) is 2.77. The van der Waals surface area contributed by atoms with E-state index in [0.717, 1.165) is 18.7 Å². The van der Waals surface area contributed by atoms with Crippen LogP contribution in [-0.2, 0) is 0 Å². The van der Waals surface area contributed by atoms with Crippen molar-refractivity contribution in [2.45, 2.75) is 59.6 Å². The molecule has 0 amide bonds. The topological polar surface area (TPSA) is 21.3 Å². The molecule has 1 aromatic rings. The van der Waals surface area contributed by atoms with Gasteiger partial charge >= 0.3 is 0 Å². The first-order valence-electron chi connectivity index (χ1n) is 7.47. The van der Waals surface area contributed by atoms with Crippen LogP contribution in [0.25, 0.3) is 5.57 Å². The summed E-state index contributed by atoms with van der Waals surface area (Å²) in [6.45, 7) is 13.8. The molecule has 0 bridgehead atoms. The van der Waals surface area contributed by atoms with Crippen molar-refractivity contribution in [2.24, 2.45) is 0 Å². The van der Waals surface area contributed by atoms with Crippen LogP contribution in [0.1, 0.15) is 53.5 Å². The number of allylic oxidation sites excluding steroid dienone is 1. The van der Waals surface area contributed by atoms with Crippen molar-refractivity contribution in [2.75, 3.05) is 6.54 Å². The monoisotopic (exact) mass is 275 g/mol. The molecule has 0 spiro atoms. The van der Waals surface area contributed by atoms with E-state index < -0.39 is 0 Å². The SMILES string of the molecule is CC(=CCCNC(C)(C)C)c1ccc(OC(C)C)cc1. The number of benzene rings is 1. The average molecular weight is 275 g/mol. The van der Waals surface area contributed by atoms with Crippen LogP contribution < -0.4 is 10.1 Å². The Hall–Kier alpha value is -1.28. The molecule has 2 nitrogen and oxygen atoms in total. The number of hydrogen-bond donors (Lipinski definition) is 1. The molecule has 0 unspecified atom stereocenters. The van der Waals surface area contributed by atoms with Crippen molar-refractivity contribution >= 4 is 5.57 Å². The quantitative estimate of drug-likeness (QED) is 0.763. The Morgan fingerprint density at radius 1 is 1.20 bits per heavy atom. The Balaban J connectivity index is 2.52. The molecule has 0 aromatic heterocycles. The largest absolute Gasteiger partial charge is 0.491 e. The van der Waals surface area contributed by atoms with Crippen LogP contribution >= 0.6 is 0 Å². The summed E-state index contributed by atoms with van der Waals surface area (Å²) in [4.78, 5) is 0. The van der Waals surface area contributed by atoms with Crippen LogP contribution in [-0.4, -0.2) is 18.2 Å². The van der Waals surface area contributed by atoms with Crippen molar-refractivity contribution < 1.29 is 4.74 Å². The lowest BCUT2D eigenvalue weighted by atomic mass is 10.1. The van der Waals surface area contributed by atoms with Gasteiger partial charge in [0, 0.05) is 5.54 Å². The summed E-state index contributed by atoms with van der Waals surface area (Å²) in [5.74, 6) is 0.936. The lowest BCUT2D eigenvalue weighted by molar-refractivity contribution is 0.242. The van der Waals surface area contributed by atoms with E-state index in [4.69, 9.17) is 4.74 Å². The molecule has 1 aromatic carbocycles. The van der Waals surface area contributed by atoms with Gasteiger partial charge in [-0.15, -0.1) is 0 Å². The summed E-state index contributed by atoms with van der Waals surface area (Å²) < 4.78 is 5.66. The van der Waals surface area contributed by atoms with E-state index >= 15 is 0 Å². The highest BCUT2D eigenvalue weighted by molar-refractivity contribution is 5.64. The van der Waals surface area contributed by atoms with Crippen LogP contribution in [0.4, 0.5) is 0 Å². The maximum Gasteiger partial charge on any atom is 0.119 e. The van der Waals surface area contributed by atoms with Gasteiger partial charge in [-0.05, 0) is 77.8 Å². The van der Waals surface area contributed by atoms with Crippen molar-refractivity contribution in [3.8, 4) is 5.75 Å². The number of rotatable bonds is 6. The number of nitrogens with one attached hydrogen (secondary N) is 1. The number of hydrogen-bond acceptors (Lipinski definition) is 2. The van der Waals surface area contributed by atoms with Crippen molar-refractivity contribution in [1.29, 1.82) is 0 Å². The van der Waals surface area contributed by atoms with E-state index in [0.29, 0.717) is 0 Å². The van der Waals surface area contributed by atoms with Crippen molar-refractivity contribution in [3.63, 3.8) is 0 Å². The van der Waals surface area contributed by atoms with Gasteiger partial charge in [0.2, 0.25) is 0 Å². The van der Waals surface area contributed by atoms with Gasteiger partial charge in [-0.1, -0.05) is 18.2 Å². The van der Waals surface area contributed by atoms with Crippen molar-refractivity contribution in [3.05, 3.63) is 35.9 Å². The van der Waals surface area contributed by atoms with Gasteiger partial charge in [0.15, 0.2) is 0 Å². The highest BCUT2D eigenvalue weighted by atomic mass is 16.5. The van der Waals surface area contributed by atoms with Crippen LogP contribution in [0, 0.1) is 0 Å². The molecule has 0 heterocycles. The Morgan fingerprint density at radius 3 is 2.30 bits per heavy atom. The molecule has 0 aliphatic rings. The van der Waals surface area contributed by atoms with Crippen LogP contribution in [0.5, 0.6) is 5.75 Å². The van der Waals surface area contributed by atoms with Crippen LogP contribution in [0.2, 0.25) is 0 Å². The van der Waals surface area contributed by atoms with E-state index in [1.807, 2.05) is 26.0 Å². The van der Waals surface area contributed by atoms with Crippen molar-refractivity contribution in [1.82, 2.24) is 5.32 Å². The lowest BCUT2D eigenvalue weighted by Crippen LogP contribution is -2.36. The molecule has 0 aliphatic carbocycles. The molecule has 0 fully saturated rings. The van der Waals surface area contributed by atoms with Gasteiger partial charge < -0.3 is 10.1 Å². The van der Waals surface area contributed by atoms with Gasteiger partial charge in [0.25, 0.3) is 0 Å². The third-order valence-electron chi connectivity index (χ3n) is 2.93. The Labute approximate surface area is 124 Å². The second kappa shape index (κ2) is 7.49. The molecule has 2 heteroatoms. The predicted molar refractivity (Wildman–Crippen MR) is 88.2 cm³/mol. The predicted octanol–water partition coefficient (Wildman–Crippen LogP) is 4.66. The van der Waals surface area contributed by atoms with E-state index in [2.05, 4.69) is 51.2 Å². The Morgan fingerprint density at radius 2 is 1.80 bits per heavy atom. The smallest absolute Gasteiger partial charge is 0.119 e. The average Bonchev–Trinajstić information content (AvgIpc) is 2.33. The van der Waals surface area contributed by atoms with Gasteiger partial charge in [0.1, 0.15) is 5.75 Å². The van der Waals surface area contributed by atoms with E-state index in [1.54, 1.807) is 0 Å². The third-order valence-corrected chi connectivity index (χ3v) is 2.93. The van der Waals surface area contributed by atoms with Crippen LogP contribution in [0.15, 0.2) is 30.3 Å². The molecular weight excluding hydrogens is 246 g/mol. The second-order valence-electron chi connectivity index (χ2n) is 6.54. The van der Waals surface area contributed by atoms with E-state index in [-0.39, 0.29) is 11.6 Å². The zero-order valence-electron chi connectivity index (χ0n) is 13.8. The van der Waals surface area contributed by atoms with Gasteiger partial charge in [-0.25, -0.2) is 0 Å². The van der Waals surface area contributed by atoms with E-state index in [1.165, 1.54) is 11.1 Å². The molecule has 0 atom stereocenters. The maximum absolute atomic E-state index is 5.66. The zero-order valence-corrected chi connectivity index (χ0v) is 13.8. The lowest BCUT2D eigenvalue weighted by Gasteiger charge is -2.19. The van der Waals surface area contributed by atoms with Gasteiger partial charge in [0.05, 0.1) is 6.10 Å². The molecule has 112 valence electrons. The summed E-state index contributed by atoms with van der Waals surface area (Å²) in [5, 5.41) is 3.49. The summed E-state index contributed by atoms with van der Waals surface area (Å²) >= 11 is 0. The Kier molecular flexibility index (Phi) is 6.28. The molecule has 20 heavy (non-hydrogen) atoms. The summed E-state index contributed by atoms with van der Waals surface area (Å²) in [7, 11) is 0. The first-order chi connectivity index (χ1) is 9.28. The fourth-order valence-corrected chi connectivity index (χ4v) is 1.92. The minimum Gasteiger partial charge on any atom is -0.491 e. The first kappa shape index (κ1) is 16.8. The molecule has 0 saturated carbocycles. The minimum absolute atomic E-state index is 0.192. The van der Waals surface area contributed by atoms with Gasteiger partial charge in [-0.2, -0.15) is 0 Å². The highest BCUT2D eigenvalue weighted by Crippen LogP contribution is 2.19. The van der Waals surface area contributed by atoms with Crippen LogP contribution in [0.3, 0.4) is 0 Å². The van der Waals surface area contributed by atoms with Gasteiger partial charge in [-0.3, -0.25) is 0 Å². The minimum atomic E-state index is 0.192.